The average Bonchev–Trinajstić information content (AvgIpc) is 2.59. The van der Waals surface area contributed by atoms with Gasteiger partial charge >= 0.3 is 0 Å². The van der Waals surface area contributed by atoms with Crippen LogP contribution in [0.15, 0.2) is 42.5 Å². The fourth-order valence-corrected chi connectivity index (χ4v) is 3.54. The highest BCUT2D eigenvalue weighted by Crippen LogP contribution is 2.39. The predicted molar refractivity (Wildman–Crippen MR) is 112 cm³/mol. The van der Waals surface area contributed by atoms with E-state index >= 15 is 0 Å². The third kappa shape index (κ3) is 4.86. The van der Waals surface area contributed by atoms with Crippen molar-refractivity contribution < 1.29 is 14.3 Å². The van der Waals surface area contributed by atoms with Gasteiger partial charge in [-0.25, -0.2) is 0 Å². The number of hydrogen-bond acceptors (Lipinski definition) is 3. The summed E-state index contributed by atoms with van der Waals surface area (Å²) < 4.78 is 11.8. The van der Waals surface area contributed by atoms with Gasteiger partial charge in [0, 0.05) is 12.0 Å². The molecule has 0 unspecified atom stereocenters. The second kappa shape index (κ2) is 7.50. The van der Waals surface area contributed by atoms with Crippen LogP contribution in [0.4, 0.5) is 0 Å². The summed E-state index contributed by atoms with van der Waals surface area (Å²) in [5.41, 5.74) is 3.18. The molecule has 1 amide bonds. The van der Waals surface area contributed by atoms with Crippen LogP contribution in [-0.2, 0) is 10.2 Å². The van der Waals surface area contributed by atoms with Gasteiger partial charge in [0.1, 0.15) is 17.1 Å². The van der Waals surface area contributed by atoms with E-state index in [-0.39, 0.29) is 29.6 Å². The summed E-state index contributed by atoms with van der Waals surface area (Å²) in [5, 5.41) is 3.12. The molecule has 0 radical (unpaired) electrons. The highest BCUT2D eigenvalue weighted by Gasteiger charge is 2.34. The van der Waals surface area contributed by atoms with Crippen LogP contribution in [0.25, 0.3) is 0 Å². The monoisotopic (exact) mass is 381 g/mol. The van der Waals surface area contributed by atoms with Crippen molar-refractivity contribution in [2.75, 3.05) is 6.61 Å². The molecule has 28 heavy (non-hydrogen) atoms. The van der Waals surface area contributed by atoms with Crippen LogP contribution in [0.5, 0.6) is 11.5 Å². The van der Waals surface area contributed by atoms with Gasteiger partial charge < -0.3 is 14.8 Å². The second-order valence-corrected chi connectivity index (χ2v) is 9.29. The number of ether oxygens (including phenoxy) is 2. The van der Waals surface area contributed by atoms with Crippen molar-refractivity contribution in [1.82, 2.24) is 5.32 Å². The van der Waals surface area contributed by atoms with Gasteiger partial charge in [0.2, 0.25) is 0 Å². The fourth-order valence-electron chi connectivity index (χ4n) is 3.54. The lowest BCUT2D eigenvalue weighted by atomic mass is 9.87. The molecule has 0 aliphatic carbocycles. The van der Waals surface area contributed by atoms with Crippen molar-refractivity contribution in [2.45, 2.75) is 65.0 Å². The molecule has 2 aromatic carbocycles. The molecule has 1 aliphatic rings. The number of aryl methyl sites for hydroxylation is 1. The molecule has 1 aliphatic heterocycles. The smallest absolute Gasteiger partial charge is 0.258 e. The Morgan fingerprint density at radius 2 is 1.86 bits per heavy atom. The Morgan fingerprint density at radius 1 is 1.18 bits per heavy atom. The Hall–Kier alpha value is -2.49. The van der Waals surface area contributed by atoms with Crippen molar-refractivity contribution >= 4 is 5.91 Å². The minimum Gasteiger partial charge on any atom is -0.487 e. The SMILES string of the molecule is Cc1ccc2c(c1)[C@H](NC(=O)COc1ccc(C(C)(C)C)cc1)CC(C)(C)O2. The topological polar surface area (TPSA) is 47.6 Å². The summed E-state index contributed by atoms with van der Waals surface area (Å²) in [7, 11) is 0. The van der Waals surface area contributed by atoms with Crippen molar-refractivity contribution in [3.05, 3.63) is 59.2 Å². The molecule has 0 saturated carbocycles. The molecule has 150 valence electrons. The zero-order chi connectivity index (χ0) is 20.5. The molecule has 4 heteroatoms. The van der Waals surface area contributed by atoms with Crippen molar-refractivity contribution in [3.8, 4) is 11.5 Å². The summed E-state index contributed by atoms with van der Waals surface area (Å²) in [5.74, 6) is 1.41. The maximum Gasteiger partial charge on any atom is 0.258 e. The van der Waals surface area contributed by atoms with Gasteiger partial charge in [-0.05, 0) is 49.9 Å². The van der Waals surface area contributed by atoms with E-state index in [1.807, 2.05) is 57.2 Å². The van der Waals surface area contributed by atoms with Crippen LogP contribution in [0, 0.1) is 6.92 Å². The van der Waals surface area contributed by atoms with Gasteiger partial charge in [0.15, 0.2) is 6.61 Å². The van der Waals surface area contributed by atoms with Crippen molar-refractivity contribution in [3.63, 3.8) is 0 Å². The molecular formula is C24H31NO3. The number of carbonyl (C=O) groups excluding carboxylic acids is 1. The van der Waals surface area contributed by atoms with Crippen LogP contribution in [0.3, 0.4) is 0 Å². The second-order valence-electron chi connectivity index (χ2n) is 9.29. The number of rotatable bonds is 4. The van der Waals surface area contributed by atoms with E-state index < -0.39 is 0 Å². The number of nitrogens with one attached hydrogen (secondary N) is 1. The Labute approximate surface area is 168 Å². The normalized spacial score (nSPS) is 18.0. The van der Waals surface area contributed by atoms with E-state index in [0.717, 1.165) is 23.3 Å². The minimum absolute atomic E-state index is 0.00615. The van der Waals surface area contributed by atoms with E-state index in [9.17, 15) is 4.79 Å². The van der Waals surface area contributed by atoms with Gasteiger partial charge in [-0.3, -0.25) is 4.79 Å². The zero-order valence-corrected chi connectivity index (χ0v) is 17.8. The molecule has 2 aromatic rings. The first-order valence-electron chi connectivity index (χ1n) is 9.86. The standard InChI is InChI=1S/C24H31NO3/c1-16-7-12-21-19(13-16)20(14-24(5,6)28-21)25-22(26)15-27-18-10-8-17(9-11-18)23(2,3)4/h7-13,20H,14-15H2,1-6H3,(H,25,26)/t20-/m1/s1. The molecule has 1 heterocycles. The molecule has 0 aromatic heterocycles. The van der Waals surface area contributed by atoms with E-state index in [4.69, 9.17) is 9.47 Å². The van der Waals surface area contributed by atoms with E-state index in [0.29, 0.717) is 5.75 Å². The summed E-state index contributed by atoms with van der Waals surface area (Å²) in [6.07, 6.45) is 0.718. The highest BCUT2D eigenvalue weighted by molar-refractivity contribution is 5.78. The first-order chi connectivity index (χ1) is 13.0. The highest BCUT2D eigenvalue weighted by atomic mass is 16.5. The lowest BCUT2D eigenvalue weighted by Gasteiger charge is -2.38. The van der Waals surface area contributed by atoms with Crippen LogP contribution in [0.1, 0.15) is 63.8 Å². The van der Waals surface area contributed by atoms with Gasteiger partial charge in [0.05, 0.1) is 6.04 Å². The molecular weight excluding hydrogens is 350 g/mol. The van der Waals surface area contributed by atoms with E-state index in [1.165, 1.54) is 5.56 Å². The summed E-state index contributed by atoms with van der Waals surface area (Å²) in [6, 6.07) is 14.0. The molecule has 0 fully saturated rings. The van der Waals surface area contributed by atoms with Crippen LogP contribution < -0.4 is 14.8 Å². The molecule has 4 nitrogen and oxygen atoms in total. The largest absolute Gasteiger partial charge is 0.487 e. The van der Waals surface area contributed by atoms with Crippen molar-refractivity contribution in [1.29, 1.82) is 0 Å². The van der Waals surface area contributed by atoms with E-state index in [2.05, 4.69) is 32.2 Å². The number of fused-ring (bicyclic) bond motifs is 1. The number of hydrogen-bond donors (Lipinski definition) is 1. The fraction of sp³-hybridized carbons (Fsp3) is 0.458. The lowest BCUT2D eigenvalue weighted by molar-refractivity contribution is -0.124. The third-order valence-corrected chi connectivity index (χ3v) is 5.05. The van der Waals surface area contributed by atoms with E-state index in [1.54, 1.807) is 0 Å². The summed E-state index contributed by atoms with van der Waals surface area (Å²) in [6.45, 7) is 12.6. The molecule has 0 spiro atoms. The first kappa shape index (κ1) is 20.2. The van der Waals surface area contributed by atoms with Gasteiger partial charge in [-0.15, -0.1) is 0 Å². The van der Waals surface area contributed by atoms with Gasteiger partial charge in [-0.1, -0.05) is 50.6 Å². The number of carbonyl (C=O) groups is 1. The number of amides is 1. The maximum absolute atomic E-state index is 12.5. The first-order valence-corrected chi connectivity index (χ1v) is 9.86. The van der Waals surface area contributed by atoms with Crippen molar-refractivity contribution in [2.24, 2.45) is 0 Å². The third-order valence-electron chi connectivity index (χ3n) is 5.05. The van der Waals surface area contributed by atoms with Crippen LogP contribution in [-0.4, -0.2) is 18.1 Å². The Balaban J connectivity index is 1.64. The maximum atomic E-state index is 12.5. The zero-order valence-electron chi connectivity index (χ0n) is 17.8. The molecule has 1 N–H and O–H groups in total. The Kier molecular flexibility index (Phi) is 5.42. The molecule has 1 atom stereocenters. The number of benzene rings is 2. The lowest BCUT2D eigenvalue weighted by Crippen LogP contribution is -2.42. The Morgan fingerprint density at radius 3 is 2.50 bits per heavy atom. The Bertz CT molecular complexity index is 847. The molecule has 0 saturated heterocycles. The van der Waals surface area contributed by atoms with Gasteiger partial charge in [0.25, 0.3) is 5.91 Å². The molecule has 3 rings (SSSR count). The van der Waals surface area contributed by atoms with Crippen LogP contribution >= 0.6 is 0 Å². The minimum atomic E-state index is -0.330. The average molecular weight is 382 g/mol. The summed E-state index contributed by atoms with van der Waals surface area (Å²) in [4.78, 5) is 12.5. The molecule has 0 bridgehead atoms. The summed E-state index contributed by atoms with van der Waals surface area (Å²) >= 11 is 0. The predicted octanol–water partition coefficient (Wildman–Crippen LogP) is 5.09. The quantitative estimate of drug-likeness (QED) is 0.802. The van der Waals surface area contributed by atoms with Gasteiger partial charge in [-0.2, -0.15) is 0 Å². The van der Waals surface area contributed by atoms with Crippen LogP contribution in [0.2, 0.25) is 0 Å².